The number of nitriles is 1. The molecule has 132 valence electrons. The molecule has 4 nitrogen and oxygen atoms in total. The van der Waals surface area contributed by atoms with Gasteiger partial charge in [-0.1, -0.05) is 19.3 Å². The predicted molar refractivity (Wildman–Crippen MR) is 85.6 cm³/mol. The van der Waals surface area contributed by atoms with Crippen LogP contribution in [0.3, 0.4) is 0 Å². The Balaban J connectivity index is 1.81. The molecule has 0 radical (unpaired) electrons. The van der Waals surface area contributed by atoms with Crippen LogP contribution in [0.25, 0.3) is 11.1 Å². The summed E-state index contributed by atoms with van der Waals surface area (Å²) < 4.78 is 43.1. The molecule has 1 aromatic carbocycles. The highest BCUT2D eigenvalue weighted by molar-refractivity contribution is 5.66. The summed E-state index contributed by atoms with van der Waals surface area (Å²) in [4.78, 5) is 0. The van der Waals surface area contributed by atoms with Crippen molar-refractivity contribution in [3.63, 3.8) is 0 Å². The normalized spacial score (nSPS) is 15.8. The molecular formula is C18H18F3N3O. The van der Waals surface area contributed by atoms with E-state index in [9.17, 15) is 13.2 Å². The summed E-state index contributed by atoms with van der Waals surface area (Å²) in [6.07, 6.45) is 4.74. The quantitative estimate of drug-likeness (QED) is 0.789. The van der Waals surface area contributed by atoms with Crippen molar-refractivity contribution in [1.29, 1.82) is 5.26 Å². The Morgan fingerprint density at radius 1 is 1.16 bits per heavy atom. The summed E-state index contributed by atoms with van der Waals surface area (Å²) in [6.45, 7) is 0.809. The van der Waals surface area contributed by atoms with Gasteiger partial charge < -0.3 is 4.74 Å². The summed E-state index contributed by atoms with van der Waals surface area (Å²) in [7, 11) is 0. The Morgan fingerprint density at radius 3 is 2.60 bits per heavy atom. The first-order valence-corrected chi connectivity index (χ1v) is 8.27. The number of hydrogen-bond donors (Lipinski definition) is 0. The van der Waals surface area contributed by atoms with Crippen LogP contribution in [0.2, 0.25) is 0 Å². The molecule has 25 heavy (non-hydrogen) atoms. The van der Waals surface area contributed by atoms with Crippen molar-refractivity contribution < 1.29 is 17.9 Å². The third kappa shape index (κ3) is 4.75. The zero-order valence-corrected chi connectivity index (χ0v) is 13.6. The van der Waals surface area contributed by atoms with Crippen LogP contribution in [-0.4, -0.2) is 16.1 Å². The monoisotopic (exact) mass is 349 g/mol. The Kier molecular flexibility index (Phi) is 4.98. The molecule has 0 aliphatic heterocycles. The Labute approximate surface area is 143 Å². The molecule has 0 amide bonds. The lowest BCUT2D eigenvalue weighted by molar-refractivity contribution is -0.274. The number of nitrogens with zero attached hydrogens (tertiary/aromatic N) is 3. The van der Waals surface area contributed by atoms with E-state index >= 15 is 0 Å². The van der Waals surface area contributed by atoms with Crippen molar-refractivity contribution in [3.8, 4) is 22.9 Å². The molecule has 7 heteroatoms. The van der Waals surface area contributed by atoms with Gasteiger partial charge in [-0.15, -0.1) is 13.2 Å². The summed E-state index contributed by atoms with van der Waals surface area (Å²) in [5.74, 6) is 0.192. The Morgan fingerprint density at radius 2 is 1.92 bits per heavy atom. The van der Waals surface area contributed by atoms with Crippen molar-refractivity contribution in [2.45, 2.75) is 45.0 Å². The minimum atomic E-state index is -4.80. The highest BCUT2D eigenvalue weighted by Crippen LogP contribution is 2.30. The molecule has 0 spiro atoms. The fourth-order valence-corrected chi connectivity index (χ4v) is 3.27. The van der Waals surface area contributed by atoms with Gasteiger partial charge in [-0.2, -0.15) is 10.4 Å². The first-order chi connectivity index (χ1) is 11.9. The number of hydrogen-bond acceptors (Lipinski definition) is 3. The summed E-state index contributed by atoms with van der Waals surface area (Å²) >= 11 is 0. The summed E-state index contributed by atoms with van der Waals surface area (Å²) in [6, 6.07) is 5.74. The van der Waals surface area contributed by atoms with Crippen molar-refractivity contribution in [1.82, 2.24) is 9.78 Å². The average Bonchev–Trinajstić information content (AvgIpc) is 3.02. The van der Waals surface area contributed by atoms with Crippen LogP contribution < -0.4 is 4.74 Å². The van der Waals surface area contributed by atoms with Crippen LogP contribution in [0.15, 0.2) is 30.6 Å². The fourth-order valence-electron chi connectivity index (χ4n) is 3.27. The molecule has 2 aromatic rings. The first-order valence-electron chi connectivity index (χ1n) is 8.27. The van der Waals surface area contributed by atoms with Crippen molar-refractivity contribution in [3.05, 3.63) is 36.2 Å². The lowest BCUT2D eigenvalue weighted by Gasteiger charge is -2.21. The molecule has 1 heterocycles. The van der Waals surface area contributed by atoms with E-state index in [1.807, 2.05) is 16.9 Å². The van der Waals surface area contributed by atoms with Crippen LogP contribution in [0.4, 0.5) is 13.2 Å². The number of aromatic nitrogens is 2. The van der Waals surface area contributed by atoms with E-state index in [1.54, 1.807) is 6.20 Å². The van der Waals surface area contributed by atoms with E-state index in [2.05, 4.69) is 9.84 Å². The molecule has 1 aliphatic carbocycles. The van der Waals surface area contributed by atoms with E-state index < -0.39 is 12.1 Å². The van der Waals surface area contributed by atoms with Crippen molar-refractivity contribution >= 4 is 0 Å². The van der Waals surface area contributed by atoms with Gasteiger partial charge in [-0.05, 0) is 42.5 Å². The minimum Gasteiger partial charge on any atom is -0.406 e. The van der Waals surface area contributed by atoms with Gasteiger partial charge in [0.1, 0.15) is 5.75 Å². The fraction of sp³-hybridized carbons (Fsp3) is 0.444. The molecule has 0 bridgehead atoms. The van der Waals surface area contributed by atoms with E-state index in [0.717, 1.165) is 12.6 Å². The minimum absolute atomic E-state index is 0.108. The van der Waals surface area contributed by atoms with Gasteiger partial charge in [0.15, 0.2) is 0 Å². The SMILES string of the molecule is N#Cc1cc(OC(F)(F)F)cc(-c2cnn(CC3CCCCC3)c2)c1. The van der Waals surface area contributed by atoms with Gasteiger partial charge >= 0.3 is 6.36 Å². The van der Waals surface area contributed by atoms with Crippen molar-refractivity contribution in [2.24, 2.45) is 5.92 Å². The highest BCUT2D eigenvalue weighted by atomic mass is 19.4. The van der Waals surface area contributed by atoms with E-state index in [0.29, 0.717) is 17.0 Å². The average molecular weight is 349 g/mol. The second-order valence-corrected chi connectivity index (χ2v) is 6.36. The van der Waals surface area contributed by atoms with Crippen LogP contribution >= 0.6 is 0 Å². The standard InChI is InChI=1S/C18H18F3N3O/c19-18(20,21)25-17-7-14(9-22)6-15(8-17)16-10-23-24(12-16)11-13-4-2-1-3-5-13/h6-8,10,12-13H,1-5,11H2. The van der Waals surface area contributed by atoms with E-state index in [-0.39, 0.29) is 5.56 Å². The second kappa shape index (κ2) is 7.18. The number of halogens is 3. The predicted octanol–water partition coefficient (Wildman–Crippen LogP) is 4.90. The Hall–Kier alpha value is -2.49. The molecule has 1 aliphatic rings. The molecule has 1 aromatic heterocycles. The van der Waals surface area contributed by atoms with Gasteiger partial charge in [0, 0.05) is 18.3 Å². The molecule has 0 unspecified atom stereocenters. The summed E-state index contributed by atoms with van der Waals surface area (Å²) in [5, 5.41) is 13.4. The zero-order chi connectivity index (χ0) is 17.9. The lowest BCUT2D eigenvalue weighted by Crippen LogP contribution is -2.17. The molecule has 1 saturated carbocycles. The summed E-state index contributed by atoms with van der Waals surface area (Å²) in [5.41, 5.74) is 1.25. The first kappa shape index (κ1) is 17.3. The van der Waals surface area contributed by atoms with Gasteiger partial charge in [0.05, 0.1) is 17.8 Å². The van der Waals surface area contributed by atoms with E-state index in [1.165, 1.54) is 44.2 Å². The van der Waals surface area contributed by atoms with Crippen LogP contribution in [-0.2, 0) is 6.54 Å². The molecule has 1 fully saturated rings. The maximum Gasteiger partial charge on any atom is 0.573 e. The van der Waals surface area contributed by atoms with Gasteiger partial charge in [0.2, 0.25) is 0 Å². The third-order valence-electron chi connectivity index (χ3n) is 4.41. The largest absolute Gasteiger partial charge is 0.573 e. The van der Waals surface area contributed by atoms with Gasteiger partial charge in [0.25, 0.3) is 0 Å². The highest BCUT2D eigenvalue weighted by Gasteiger charge is 2.31. The third-order valence-corrected chi connectivity index (χ3v) is 4.41. The van der Waals surface area contributed by atoms with Gasteiger partial charge in [-0.25, -0.2) is 0 Å². The zero-order valence-electron chi connectivity index (χ0n) is 13.6. The smallest absolute Gasteiger partial charge is 0.406 e. The number of rotatable bonds is 4. The Bertz CT molecular complexity index is 771. The molecule has 0 N–H and O–H groups in total. The second-order valence-electron chi connectivity index (χ2n) is 6.36. The van der Waals surface area contributed by atoms with Crippen LogP contribution in [0, 0.1) is 17.2 Å². The molecule has 3 rings (SSSR count). The van der Waals surface area contributed by atoms with E-state index in [4.69, 9.17) is 5.26 Å². The number of benzene rings is 1. The van der Waals surface area contributed by atoms with Crippen LogP contribution in [0.5, 0.6) is 5.75 Å². The molecular weight excluding hydrogens is 331 g/mol. The number of alkyl halides is 3. The molecule has 0 saturated heterocycles. The lowest BCUT2D eigenvalue weighted by atomic mass is 9.89. The van der Waals surface area contributed by atoms with Crippen LogP contribution in [0.1, 0.15) is 37.7 Å². The maximum atomic E-state index is 12.5. The molecule has 0 atom stereocenters. The maximum absolute atomic E-state index is 12.5. The number of ether oxygens (including phenoxy) is 1. The topological polar surface area (TPSA) is 50.8 Å². The van der Waals surface area contributed by atoms with Gasteiger partial charge in [-0.3, -0.25) is 4.68 Å². The van der Waals surface area contributed by atoms with Crippen molar-refractivity contribution in [2.75, 3.05) is 0 Å².